The van der Waals surface area contributed by atoms with Crippen LogP contribution in [0.4, 0.5) is 0 Å². The van der Waals surface area contributed by atoms with Crippen molar-refractivity contribution < 1.29 is 9.90 Å². The largest absolute Gasteiger partial charge is 0.385 e. The number of fused-ring (bicyclic) bond motifs is 2. The Labute approximate surface area is 175 Å². The molecular formula is C24H26N2O2S. The van der Waals surface area contributed by atoms with Crippen molar-refractivity contribution in [2.45, 2.75) is 50.7 Å². The number of likely N-dealkylation sites (tertiary alicyclic amines) is 1. The van der Waals surface area contributed by atoms with Gasteiger partial charge in [-0.25, -0.2) is 4.98 Å². The summed E-state index contributed by atoms with van der Waals surface area (Å²) in [5.41, 5.74) is 1.75. The van der Waals surface area contributed by atoms with Crippen LogP contribution in [0.25, 0.3) is 10.2 Å². The summed E-state index contributed by atoms with van der Waals surface area (Å²) >= 11 is 1.65. The molecular weight excluding hydrogens is 380 g/mol. The molecule has 1 saturated carbocycles. The van der Waals surface area contributed by atoms with Crippen molar-refractivity contribution in [1.82, 2.24) is 9.88 Å². The number of thiazole rings is 1. The van der Waals surface area contributed by atoms with E-state index in [1.54, 1.807) is 11.3 Å². The Morgan fingerprint density at radius 2 is 1.97 bits per heavy atom. The zero-order valence-corrected chi connectivity index (χ0v) is 17.5. The number of carbonyl (C=O) groups excluding carboxylic acids is 1. The third-order valence-electron chi connectivity index (χ3n) is 6.75. The lowest BCUT2D eigenvalue weighted by atomic mass is 9.66. The van der Waals surface area contributed by atoms with E-state index in [9.17, 15) is 9.90 Å². The van der Waals surface area contributed by atoms with E-state index in [4.69, 9.17) is 0 Å². The number of benzene rings is 2. The monoisotopic (exact) mass is 406 g/mol. The Kier molecular flexibility index (Phi) is 4.67. The highest BCUT2D eigenvalue weighted by atomic mass is 32.1. The second-order valence-corrected chi connectivity index (χ2v) is 9.65. The van der Waals surface area contributed by atoms with Gasteiger partial charge in [0.25, 0.3) is 5.91 Å². The molecule has 1 aliphatic carbocycles. The molecule has 0 spiro atoms. The molecule has 4 nitrogen and oxygen atoms in total. The molecule has 150 valence electrons. The molecule has 2 aliphatic rings. The second kappa shape index (κ2) is 7.22. The highest BCUT2D eigenvalue weighted by Crippen LogP contribution is 2.47. The van der Waals surface area contributed by atoms with Crippen LogP contribution in [0.2, 0.25) is 0 Å². The van der Waals surface area contributed by atoms with Crippen LogP contribution in [0.1, 0.15) is 53.0 Å². The van der Waals surface area contributed by atoms with Gasteiger partial charge in [0, 0.05) is 24.1 Å². The van der Waals surface area contributed by atoms with Crippen molar-refractivity contribution in [1.29, 1.82) is 0 Å². The number of amides is 1. The molecule has 1 N–H and O–H groups in total. The molecule has 1 aliphatic heterocycles. The normalized spacial score (nSPS) is 27.0. The van der Waals surface area contributed by atoms with Crippen LogP contribution in [0.15, 0.2) is 48.5 Å². The average Bonchev–Trinajstić information content (AvgIpc) is 3.13. The predicted octanol–water partition coefficient (Wildman–Crippen LogP) is 4.90. The number of aromatic nitrogens is 1. The molecule has 3 aromatic rings. The first-order valence-electron chi connectivity index (χ1n) is 10.5. The highest BCUT2D eigenvalue weighted by Gasteiger charge is 2.50. The van der Waals surface area contributed by atoms with Crippen LogP contribution >= 0.6 is 11.3 Å². The van der Waals surface area contributed by atoms with Gasteiger partial charge < -0.3 is 10.0 Å². The Balaban J connectivity index is 1.47. The number of carbonyl (C=O) groups is 1. The molecule has 3 atom stereocenters. The van der Waals surface area contributed by atoms with Crippen LogP contribution < -0.4 is 0 Å². The van der Waals surface area contributed by atoms with Gasteiger partial charge in [-0.15, -0.1) is 11.3 Å². The van der Waals surface area contributed by atoms with Crippen molar-refractivity contribution in [3.8, 4) is 0 Å². The molecule has 0 unspecified atom stereocenters. The van der Waals surface area contributed by atoms with Gasteiger partial charge in [0.15, 0.2) is 0 Å². The summed E-state index contributed by atoms with van der Waals surface area (Å²) < 4.78 is 1.12. The van der Waals surface area contributed by atoms with Crippen molar-refractivity contribution in [3.63, 3.8) is 0 Å². The predicted molar refractivity (Wildman–Crippen MR) is 116 cm³/mol. The molecule has 5 rings (SSSR count). The molecule has 2 fully saturated rings. The SMILES string of the molecule is Cc1nc2cc(C(=O)N3CC[C@@](O)(c4ccccc4)[C@H]4CCCC[C@H]43)ccc2s1. The second-order valence-electron chi connectivity index (χ2n) is 8.41. The van der Waals surface area contributed by atoms with Gasteiger partial charge in [0.05, 0.1) is 20.8 Å². The van der Waals surface area contributed by atoms with Crippen LogP contribution in [0.5, 0.6) is 0 Å². The summed E-state index contributed by atoms with van der Waals surface area (Å²) in [5, 5.41) is 12.7. The van der Waals surface area contributed by atoms with Crippen LogP contribution in [0, 0.1) is 12.8 Å². The molecule has 2 aromatic carbocycles. The summed E-state index contributed by atoms with van der Waals surface area (Å²) in [4.78, 5) is 20.1. The van der Waals surface area contributed by atoms with E-state index in [1.807, 2.05) is 60.4 Å². The minimum Gasteiger partial charge on any atom is -0.385 e. The zero-order chi connectivity index (χ0) is 20.0. The Morgan fingerprint density at radius 1 is 1.17 bits per heavy atom. The number of piperidine rings is 1. The van der Waals surface area contributed by atoms with Crippen LogP contribution in [-0.2, 0) is 5.60 Å². The number of hydrogen-bond acceptors (Lipinski definition) is 4. The summed E-state index contributed by atoms with van der Waals surface area (Å²) in [6, 6.07) is 16.0. The van der Waals surface area contributed by atoms with Gasteiger partial charge in [-0.3, -0.25) is 4.79 Å². The van der Waals surface area contributed by atoms with Crippen molar-refractivity contribution in [3.05, 3.63) is 64.7 Å². The Bertz CT molecular complexity index is 1050. The first kappa shape index (κ1) is 18.8. The third kappa shape index (κ3) is 3.17. The van der Waals surface area contributed by atoms with Crippen LogP contribution in [0.3, 0.4) is 0 Å². The quantitative estimate of drug-likeness (QED) is 0.659. The number of hydrogen-bond donors (Lipinski definition) is 1. The summed E-state index contributed by atoms with van der Waals surface area (Å²) in [6.45, 7) is 2.58. The van der Waals surface area contributed by atoms with Crippen molar-refractivity contribution >= 4 is 27.5 Å². The Hall–Kier alpha value is -2.24. The van der Waals surface area contributed by atoms with Gasteiger partial charge >= 0.3 is 0 Å². The van der Waals surface area contributed by atoms with E-state index >= 15 is 0 Å². The van der Waals surface area contributed by atoms with Gasteiger partial charge in [-0.1, -0.05) is 43.2 Å². The zero-order valence-electron chi connectivity index (χ0n) is 16.7. The standard InChI is InChI=1S/C24H26N2O2S/c1-16-25-20-15-17(11-12-22(20)29-16)23(27)26-14-13-24(28,18-7-3-2-4-8-18)19-9-5-6-10-21(19)26/h2-4,7-8,11-12,15,19,21,28H,5-6,9-10,13-14H2,1H3/t19-,21+,24+/m0/s1. The Morgan fingerprint density at radius 3 is 2.79 bits per heavy atom. The summed E-state index contributed by atoms with van der Waals surface area (Å²) in [6.07, 6.45) is 4.73. The molecule has 1 saturated heterocycles. The fourth-order valence-electron chi connectivity index (χ4n) is 5.36. The van der Waals surface area contributed by atoms with Crippen molar-refractivity contribution in [2.24, 2.45) is 5.92 Å². The van der Waals surface area contributed by atoms with E-state index in [2.05, 4.69) is 4.98 Å². The molecule has 1 aromatic heterocycles. The van der Waals surface area contributed by atoms with Crippen LogP contribution in [-0.4, -0.2) is 33.5 Å². The molecule has 1 amide bonds. The highest BCUT2D eigenvalue weighted by molar-refractivity contribution is 7.18. The van der Waals surface area contributed by atoms with Crippen molar-refractivity contribution in [2.75, 3.05) is 6.54 Å². The van der Waals surface area contributed by atoms with Gasteiger partial charge in [-0.2, -0.15) is 0 Å². The van der Waals surface area contributed by atoms with E-state index in [1.165, 1.54) is 0 Å². The van der Waals surface area contributed by atoms with Gasteiger partial charge in [0.2, 0.25) is 0 Å². The molecule has 29 heavy (non-hydrogen) atoms. The maximum atomic E-state index is 13.5. The minimum absolute atomic E-state index is 0.0737. The average molecular weight is 407 g/mol. The summed E-state index contributed by atoms with van der Waals surface area (Å²) in [5.74, 6) is 0.158. The number of aryl methyl sites for hydroxylation is 1. The topological polar surface area (TPSA) is 53.4 Å². The maximum absolute atomic E-state index is 13.5. The number of aliphatic hydroxyl groups is 1. The fraction of sp³-hybridized carbons (Fsp3) is 0.417. The first-order chi connectivity index (χ1) is 14.1. The minimum atomic E-state index is -0.848. The van der Waals surface area contributed by atoms with E-state index in [0.29, 0.717) is 18.5 Å². The molecule has 5 heteroatoms. The van der Waals surface area contributed by atoms with Gasteiger partial charge in [0.1, 0.15) is 0 Å². The van der Waals surface area contributed by atoms with E-state index in [-0.39, 0.29) is 17.9 Å². The third-order valence-corrected chi connectivity index (χ3v) is 7.70. The lowest BCUT2D eigenvalue weighted by molar-refractivity contribution is -0.110. The van der Waals surface area contributed by atoms with Gasteiger partial charge in [-0.05, 0) is 49.9 Å². The smallest absolute Gasteiger partial charge is 0.254 e. The molecule has 2 heterocycles. The lowest BCUT2D eigenvalue weighted by Gasteiger charge is -2.52. The molecule has 0 bridgehead atoms. The lowest BCUT2D eigenvalue weighted by Crippen LogP contribution is -2.58. The van der Waals surface area contributed by atoms with E-state index < -0.39 is 5.60 Å². The molecule has 0 radical (unpaired) electrons. The first-order valence-corrected chi connectivity index (χ1v) is 11.3. The summed E-state index contributed by atoms with van der Waals surface area (Å²) in [7, 11) is 0. The fourth-order valence-corrected chi connectivity index (χ4v) is 6.17. The number of rotatable bonds is 2. The number of nitrogens with zero attached hydrogens (tertiary/aromatic N) is 2. The van der Waals surface area contributed by atoms with E-state index in [0.717, 1.165) is 46.5 Å². The maximum Gasteiger partial charge on any atom is 0.254 e.